The molecule has 2 atom stereocenters. The van der Waals surface area contributed by atoms with E-state index in [1.807, 2.05) is 0 Å². The van der Waals surface area contributed by atoms with Gasteiger partial charge in [0.2, 0.25) is 0 Å². The Morgan fingerprint density at radius 2 is 2.16 bits per heavy atom. The number of aryl methyl sites for hydroxylation is 2. The number of carbonyl (C=O) groups is 1. The molecule has 0 saturated heterocycles. The highest BCUT2D eigenvalue weighted by Gasteiger charge is 2.30. The summed E-state index contributed by atoms with van der Waals surface area (Å²) in [6.07, 6.45) is 1.91. The number of nitrogens with one attached hydrogen (secondary N) is 1. The topological polar surface area (TPSA) is 101 Å². The zero-order valence-corrected chi connectivity index (χ0v) is 12.2. The van der Waals surface area contributed by atoms with Gasteiger partial charge in [-0.2, -0.15) is 4.72 Å². The average molecular weight is 289 g/mol. The third-order valence-electron chi connectivity index (χ3n) is 3.12. The standard InChI is InChI=1S/C11H19N3O4S/c1-5-7(2)10(11(15)16)13-19(17,18)9-6-14(4)8(3)12-9/h6-7,10,13H,5H2,1-4H3,(H,15,16)/t7?,10-/m0/s1. The van der Waals surface area contributed by atoms with Gasteiger partial charge in [-0.25, -0.2) is 13.4 Å². The summed E-state index contributed by atoms with van der Waals surface area (Å²) < 4.78 is 27.9. The minimum atomic E-state index is -3.92. The minimum Gasteiger partial charge on any atom is -0.480 e. The van der Waals surface area contributed by atoms with Crippen LogP contribution < -0.4 is 4.72 Å². The predicted octanol–water partition coefficient (Wildman–Crippen LogP) is 0.506. The first-order valence-corrected chi connectivity index (χ1v) is 7.42. The molecule has 0 aliphatic rings. The van der Waals surface area contributed by atoms with Crippen molar-refractivity contribution in [3.05, 3.63) is 12.0 Å². The Balaban J connectivity index is 3.04. The van der Waals surface area contributed by atoms with Crippen molar-refractivity contribution in [2.45, 2.75) is 38.3 Å². The number of aliphatic carboxylic acids is 1. The Labute approximate surface area is 112 Å². The zero-order valence-electron chi connectivity index (χ0n) is 11.4. The maximum Gasteiger partial charge on any atom is 0.322 e. The van der Waals surface area contributed by atoms with E-state index in [0.29, 0.717) is 12.2 Å². The van der Waals surface area contributed by atoms with Crippen LogP contribution in [-0.2, 0) is 21.9 Å². The molecule has 1 heterocycles. The first-order chi connectivity index (χ1) is 8.69. The van der Waals surface area contributed by atoms with E-state index in [4.69, 9.17) is 5.11 Å². The Bertz CT molecular complexity index is 545. The van der Waals surface area contributed by atoms with Crippen LogP contribution in [0.5, 0.6) is 0 Å². The third-order valence-corrected chi connectivity index (χ3v) is 4.43. The lowest BCUT2D eigenvalue weighted by atomic mass is 10.0. The summed E-state index contributed by atoms with van der Waals surface area (Å²) in [5.41, 5.74) is 0. The van der Waals surface area contributed by atoms with Crippen molar-refractivity contribution in [2.75, 3.05) is 0 Å². The number of imidazole rings is 1. The van der Waals surface area contributed by atoms with E-state index in [-0.39, 0.29) is 10.9 Å². The molecular formula is C11H19N3O4S. The van der Waals surface area contributed by atoms with E-state index in [1.165, 1.54) is 6.20 Å². The summed E-state index contributed by atoms with van der Waals surface area (Å²) in [5, 5.41) is 8.93. The number of hydrogen-bond acceptors (Lipinski definition) is 4. The number of aromatic nitrogens is 2. The molecule has 0 aromatic carbocycles. The van der Waals surface area contributed by atoms with Crippen molar-refractivity contribution in [3.63, 3.8) is 0 Å². The lowest BCUT2D eigenvalue weighted by Crippen LogP contribution is -2.45. The van der Waals surface area contributed by atoms with E-state index >= 15 is 0 Å². The third kappa shape index (κ3) is 3.54. The van der Waals surface area contributed by atoms with Crippen LogP contribution in [0.3, 0.4) is 0 Å². The highest BCUT2D eigenvalue weighted by atomic mass is 32.2. The SMILES string of the molecule is CCC(C)[C@H](NS(=O)(=O)c1cn(C)c(C)n1)C(=O)O. The molecule has 0 spiro atoms. The first kappa shape index (κ1) is 15.6. The molecule has 1 rings (SSSR count). The number of hydrogen-bond donors (Lipinski definition) is 2. The smallest absolute Gasteiger partial charge is 0.322 e. The Hall–Kier alpha value is -1.41. The number of sulfonamides is 1. The zero-order chi connectivity index (χ0) is 14.8. The second-order valence-electron chi connectivity index (χ2n) is 4.56. The molecule has 0 saturated carbocycles. The van der Waals surface area contributed by atoms with Gasteiger partial charge in [-0.3, -0.25) is 4.79 Å². The Morgan fingerprint density at radius 1 is 1.58 bits per heavy atom. The summed E-state index contributed by atoms with van der Waals surface area (Å²) in [5.74, 6) is -0.960. The maximum absolute atomic E-state index is 12.1. The molecule has 2 N–H and O–H groups in total. The quantitative estimate of drug-likeness (QED) is 0.794. The number of carboxylic acids is 1. The Morgan fingerprint density at radius 3 is 2.53 bits per heavy atom. The van der Waals surface area contributed by atoms with E-state index < -0.39 is 22.0 Å². The van der Waals surface area contributed by atoms with Gasteiger partial charge in [0.15, 0.2) is 5.03 Å². The first-order valence-electron chi connectivity index (χ1n) is 5.94. The highest BCUT2D eigenvalue weighted by Crippen LogP contribution is 2.13. The van der Waals surface area contributed by atoms with Gasteiger partial charge in [0.05, 0.1) is 0 Å². The van der Waals surface area contributed by atoms with Gasteiger partial charge in [-0.15, -0.1) is 0 Å². The summed E-state index contributed by atoms with van der Waals surface area (Å²) in [4.78, 5) is 15.0. The molecule has 0 radical (unpaired) electrons. The summed E-state index contributed by atoms with van der Waals surface area (Å²) in [6, 6.07) is -1.16. The van der Waals surface area contributed by atoms with E-state index in [9.17, 15) is 13.2 Å². The van der Waals surface area contributed by atoms with Gasteiger partial charge in [-0.1, -0.05) is 20.3 Å². The van der Waals surface area contributed by atoms with E-state index in [2.05, 4.69) is 9.71 Å². The van der Waals surface area contributed by atoms with Crippen LogP contribution in [0.4, 0.5) is 0 Å². The molecule has 0 fully saturated rings. The van der Waals surface area contributed by atoms with Crippen molar-refractivity contribution >= 4 is 16.0 Å². The molecule has 8 heteroatoms. The summed E-state index contributed by atoms with van der Waals surface area (Å²) >= 11 is 0. The molecule has 0 aliphatic heterocycles. The van der Waals surface area contributed by atoms with Gasteiger partial charge < -0.3 is 9.67 Å². The van der Waals surface area contributed by atoms with Crippen LogP contribution in [0.2, 0.25) is 0 Å². The molecule has 1 unspecified atom stereocenters. The van der Waals surface area contributed by atoms with Crippen molar-refractivity contribution < 1.29 is 18.3 Å². The van der Waals surface area contributed by atoms with Crippen LogP contribution >= 0.6 is 0 Å². The van der Waals surface area contributed by atoms with Crippen LogP contribution in [0.15, 0.2) is 11.2 Å². The van der Waals surface area contributed by atoms with Crippen molar-refractivity contribution in [1.29, 1.82) is 0 Å². The van der Waals surface area contributed by atoms with Crippen molar-refractivity contribution in [2.24, 2.45) is 13.0 Å². The number of nitrogens with zero attached hydrogens (tertiary/aromatic N) is 2. The fourth-order valence-electron chi connectivity index (χ4n) is 1.53. The van der Waals surface area contributed by atoms with Crippen LogP contribution in [0.25, 0.3) is 0 Å². The van der Waals surface area contributed by atoms with Gasteiger partial charge in [0.1, 0.15) is 11.9 Å². The second-order valence-corrected chi connectivity index (χ2v) is 6.22. The van der Waals surface area contributed by atoms with Gasteiger partial charge in [0, 0.05) is 13.2 Å². The maximum atomic E-state index is 12.1. The van der Waals surface area contributed by atoms with Crippen LogP contribution in [-0.4, -0.2) is 35.1 Å². The Kier molecular flexibility index (Phi) is 4.70. The summed E-state index contributed by atoms with van der Waals surface area (Å²) in [7, 11) is -2.25. The summed E-state index contributed by atoms with van der Waals surface area (Å²) in [6.45, 7) is 5.16. The molecule has 7 nitrogen and oxygen atoms in total. The monoisotopic (exact) mass is 289 g/mol. The second kappa shape index (κ2) is 5.70. The van der Waals surface area contributed by atoms with Gasteiger partial charge in [-0.05, 0) is 12.8 Å². The molecular weight excluding hydrogens is 270 g/mol. The van der Waals surface area contributed by atoms with E-state index in [1.54, 1.807) is 32.4 Å². The fraction of sp³-hybridized carbons (Fsp3) is 0.636. The highest BCUT2D eigenvalue weighted by molar-refractivity contribution is 7.89. The number of carboxylic acid groups (broad SMARTS) is 1. The molecule has 0 aliphatic carbocycles. The van der Waals surface area contributed by atoms with Gasteiger partial charge in [0.25, 0.3) is 10.0 Å². The molecule has 108 valence electrons. The average Bonchev–Trinajstić information content (AvgIpc) is 2.66. The fourth-order valence-corrected chi connectivity index (χ4v) is 2.87. The van der Waals surface area contributed by atoms with Crippen molar-refractivity contribution in [3.8, 4) is 0 Å². The molecule has 0 amide bonds. The normalized spacial score (nSPS) is 15.2. The molecule has 19 heavy (non-hydrogen) atoms. The molecule has 1 aromatic heterocycles. The van der Waals surface area contributed by atoms with Crippen molar-refractivity contribution in [1.82, 2.24) is 14.3 Å². The lowest BCUT2D eigenvalue weighted by molar-refractivity contribution is -0.140. The lowest BCUT2D eigenvalue weighted by Gasteiger charge is -2.19. The largest absolute Gasteiger partial charge is 0.480 e. The molecule has 1 aromatic rings. The predicted molar refractivity (Wildman–Crippen MR) is 69.1 cm³/mol. The van der Waals surface area contributed by atoms with E-state index in [0.717, 1.165) is 0 Å². The van der Waals surface area contributed by atoms with Crippen LogP contribution in [0.1, 0.15) is 26.1 Å². The minimum absolute atomic E-state index is 0.165. The van der Waals surface area contributed by atoms with Crippen LogP contribution in [0, 0.1) is 12.8 Å². The van der Waals surface area contributed by atoms with Gasteiger partial charge >= 0.3 is 5.97 Å². The number of rotatable bonds is 6. The molecule has 0 bridgehead atoms.